The monoisotopic (exact) mass is 411 g/mol. The van der Waals surface area contributed by atoms with Crippen molar-refractivity contribution < 1.29 is 12.8 Å². The number of nitrogens with one attached hydrogen (secondary N) is 1. The second-order valence-electron chi connectivity index (χ2n) is 6.99. The van der Waals surface area contributed by atoms with Gasteiger partial charge in [0.2, 0.25) is 10.0 Å². The van der Waals surface area contributed by atoms with Crippen molar-refractivity contribution in [2.75, 3.05) is 45.8 Å². The van der Waals surface area contributed by atoms with E-state index in [1.54, 1.807) is 0 Å². The smallest absolute Gasteiger partial charge is 0.243 e. The Morgan fingerprint density at radius 2 is 1.96 bits per heavy atom. The van der Waals surface area contributed by atoms with E-state index < -0.39 is 15.8 Å². The Morgan fingerprint density at radius 3 is 2.52 bits per heavy atom. The number of benzene rings is 1. The molecule has 2 aliphatic heterocycles. The number of sulfonamides is 1. The predicted molar refractivity (Wildman–Crippen MR) is 99.5 cm³/mol. The van der Waals surface area contributed by atoms with Crippen LogP contribution >= 0.6 is 24.0 Å². The maximum atomic E-state index is 13.3. The maximum Gasteiger partial charge on any atom is 0.243 e. The Balaban J connectivity index is 0.00000225. The largest absolute Gasteiger partial charge is 0.316 e. The summed E-state index contributed by atoms with van der Waals surface area (Å²) in [5.41, 5.74) is 0.269. The molecule has 2 fully saturated rings. The molecule has 0 spiro atoms. The van der Waals surface area contributed by atoms with Gasteiger partial charge < -0.3 is 10.2 Å². The second-order valence-corrected chi connectivity index (χ2v) is 9.34. The molecule has 1 aromatic carbocycles. The van der Waals surface area contributed by atoms with Crippen LogP contribution in [0.25, 0.3) is 0 Å². The summed E-state index contributed by atoms with van der Waals surface area (Å²) in [7, 11) is -3.62. The average molecular weight is 412 g/mol. The summed E-state index contributed by atoms with van der Waals surface area (Å²) in [5, 5.41) is 3.22. The van der Waals surface area contributed by atoms with Gasteiger partial charge in [-0.2, -0.15) is 4.31 Å². The van der Waals surface area contributed by atoms with Gasteiger partial charge in [-0.25, -0.2) is 12.8 Å². The molecule has 0 bridgehead atoms. The zero-order chi connectivity index (χ0) is 17.4. The Hall–Kier alpha value is -0.440. The molecule has 0 aliphatic carbocycles. The molecule has 0 saturated carbocycles. The third-order valence-electron chi connectivity index (χ3n) is 4.92. The Kier molecular flexibility index (Phi) is 6.73. The minimum absolute atomic E-state index is 0. The van der Waals surface area contributed by atoms with E-state index in [2.05, 4.69) is 17.1 Å². The molecular weight excluding hydrogens is 388 g/mol. The summed E-state index contributed by atoms with van der Waals surface area (Å²) in [4.78, 5) is 2.38. The molecule has 2 heterocycles. The van der Waals surface area contributed by atoms with Gasteiger partial charge in [0.15, 0.2) is 0 Å². The van der Waals surface area contributed by atoms with Crippen LogP contribution in [0.5, 0.6) is 0 Å². The summed E-state index contributed by atoms with van der Waals surface area (Å²) in [6.45, 7) is 7.64. The van der Waals surface area contributed by atoms with E-state index in [-0.39, 0.29) is 27.7 Å². The number of halogens is 3. The molecule has 142 valence electrons. The first-order valence-electron chi connectivity index (χ1n) is 8.18. The maximum absolute atomic E-state index is 13.3. The lowest BCUT2D eigenvalue weighted by Crippen LogP contribution is -2.51. The van der Waals surface area contributed by atoms with Crippen molar-refractivity contribution in [1.82, 2.24) is 14.5 Å². The third kappa shape index (κ3) is 4.64. The van der Waals surface area contributed by atoms with E-state index in [1.165, 1.54) is 16.4 Å². The predicted octanol–water partition coefficient (Wildman–Crippen LogP) is 2.21. The van der Waals surface area contributed by atoms with Crippen LogP contribution in [0, 0.1) is 11.2 Å². The van der Waals surface area contributed by atoms with Gasteiger partial charge in [0.25, 0.3) is 0 Å². The standard InChI is InChI=1S/C16H23ClFN3O2S.ClH/c1-16(4-5-19-11-16)12-20-6-8-21(9-7-20)24(22,23)13-2-3-15(18)14(17)10-13;/h2-3,10,19H,4-9,11-12H2,1H3;1H. The third-order valence-corrected chi connectivity index (χ3v) is 7.11. The summed E-state index contributed by atoms with van der Waals surface area (Å²) < 4.78 is 40.1. The molecule has 2 aliphatic rings. The fourth-order valence-electron chi connectivity index (χ4n) is 3.46. The van der Waals surface area contributed by atoms with Gasteiger partial charge in [0.1, 0.15) is 5.82 Å². The molecule has 1 N–H and O–H groups in total. The number of rotatable bonds is 4. The molecule has 1 aromatic rings. The average Bonchev–Trinajstić information content (AvgIpc) is 2.96. The van der Waals surface area contributed by atoms with Crippen LogP contribution in [0.15, 0.2) is 23.1 Å². The molecule has 2 saturated heterocycles. The van der Waals surface area contributed by atoms with Crippen molar-refractivity contribution >= 4 is 34.0 Å². The first kappa shape index (κ1) is 20.9. The normalized spacial score (nSPS) is 25.7. The van der Waals surface area contributed by atoms with E-state index in [0.29, 0.717) is 26.2 Å². The van der Waals surface area contributed by atoms with Crippen LogP contribution < -0.4 is 5.32 Å². The Bertz CT molecular complexity index is 703. The number of piperazine rings is 1. The topological polar surface area (TPSA) is 52.7 Å². The highest BCUT2D eigenvalue weighted by Crippen LogP contribution is 2.27. The molecule has 1 unspecified atom stereocenters. The molecule has 0 radical (unpaired) electrons. The van der Waals surface area contributed by atoms with Crippen molar-refractivity contribution in [3.05, 3.63) is 29.0 Å². The highest BCUT2D eigenvalue weighted by molar-refractivity contribution is 7.89. The van der Waals surface area contributed by atoms with Crippen LogP contribution in [-0.2, 0) is 10.0 Å². The van der Waals surface area contributed by atoms with Crippen molar-refractivity contribution in [3.63, 3.8) is 0 Å². The molecule has 0 aromatic heterocycles. The lowest BCUT2D eigenvalue weighted by Gasteiger charge is -2.38. The van der Waals surface area contributed by atoms with Gasteiger partial charge in [-0.05, 0) is 36.6 Å². The first-order valence-corrected chi connectivity index (χ1v) is 10.0. The van der Waals surface area contributed by atoms with Crippen molar-refractivity contribution in [2.45, 2.75) is 18.2 Å². The van der Waals surface area contributed by atoms with Gasteiger partial charge >= 0.3 is 0 Å². The van der Waals surface area contributed by atoms with Crippen LogP contribution in [0.1, 0.15) is 13.3 Å². The lowest BCUT2D eigenvalue weighted by atomic mass is 9.89. The van der Waals surface area contributed by atoms with E-state index in [4.69, 9.17) is 11.6 Å². The minimum atomic E-state index is -3.62. The van der Waals surface area contributed by atoms with Crippen molar-refractivity contribution in [1.29, 1.82) is 0 Å². The van der Waals surface area contributed by atoms with Crippen LogP contribution in [0.2, 0.25) is 5.02 Å². The summed E-state index contributed by atoms with van der Waals surface area (Å²) in [6.07, 6.45) is 1.15. The molecule has 9 heteroatoms. The van der Waals surface area contributed by atoms with Crippen molar-refractivity contribution in [3.8, 4) is 0 Å². The zero-order valence-electron chi connectivity index (χ0n) is 14.2. The molecule has 0 amide bonds. The fourth-order valence-corrected chi connectivity index (χ4v) is 5.15. The van der Waals surface area contributed by atoms with Crippen molar-refractivity contribution in [2.24, 2.45) is 5.41 Å². The summed E-state index contributed by atoms with van der Waals surface area (Å²) in [5.74, 6) is -0.612. The Morgan fingerprint density at radius 1 is 1.28 bits per heavy atom. The quantitative estimate of drug-likeness (QED) is 0.824. The van der Waals surface area contributed by atoms with Gasteiger partial charge in [-0.15, -0.1) is 12.4 Å². The lowest BCUT2D eigenvalue weighted by molar-refractivity contribution is 0.132. The van der Waals surface area contributed by atoms with Gasteiger partial charge in [0, 0.05) is 39.3 Å². The fraction of sp³-hybridized carbons (Fsp3) is 0.625. The van der Waals surface area contributed by atoms with E-state index in [0.717, 1.165) is 32.1 Å². The van der Waals surface area contributed by atoms with Gasteiger partial charge in [0.05, 0.1) is 9.92 Å². The molecular formula is C16H24Cl2FN3O2S. The molecule has 3 rings (SSSR count). The molecule has 5 nitrogen and oxygen atoms in total. The first-order chi connectivity index (χ1) is 11.3. The van der Waals surface area contributed by atoms with E-state index in [1.807, 2.05) is 0 Å². The highest BCUT2D eigenvalue weighted by Gasteiger charge is 2.34. The van der Waals surface area contributed by atoms with E-state index in [9.17, 15) is 12.8 Å². The van der Waals surface area contributed by atoms with E-state index >= 15 is 0 Å². The second kappa shape index (κ2) is 8.06. The Labute approximate surface area is 160 Å². The number of hydrogen-bond donors (Lipinski definition) is 1. The van der Waals surface area contributed by atoms with Crippen LogP contribution in [0.3, 0.4) is 0 Å². The molecule has 25 heavy (non-hydrogen) atoms. The van der Waals surface area contributed by atoms with Crippen LogP contribution in [0.4, 0.5) is 4.39 Å². The number of hydrogen-bond acceptors (Lipinski definition) is 4. The zero-order valence-corrected chi connectivity index (χ0v) is 16.6. The SMILES string of the molecule is CC1(CN2CCN(S(=O)(=O)c3ccc(F)c(Cl)c3)CC2)CCNC1.Cl. The molecule has 1 atom stereocenters. The van der Waals surface area contributed by atoms with Crippen LogP contribution in [-0.4, -0.2) is 63.4 Å². The summed E-state index contributed by atoms with van der Waals surface area (Å²) >= 11 is 5.72. The van der Waals surface area contributed by atoms with Gasteiger partial charge in [-0.3, -0.25) is 0 Å². The number of nitrogens with zero attached hydrogens (tertiary/aromatic N) is 2. The minimum Gasteiger partial charge on any atom is -0.316 e. The van der Waals surface area contributed by atoms with Gasteiger partial charge in [-0.1, -0.05) is 18.5 Å². The highest BCUT2D eigenvalue weighted by atomic mass is 35.5. The summed E-state index contributed by atoms with van der Waals surface area (Å²) in [6, 6.07) is 3.55.